The first-order chi connectivity index (χ1) is 13.5. The van der Waals surface area contributed by atoms with Crippen LogP contribution in [0, 0.1) is 12.3 Å². The zero-order chi connectivity index (χ0) is 21.2. The summed E-state index contributed by atoms with van der Waals surface area (Å²) in [5, 5.41) is 9.97. The maximum absolute atomic E-state index is 9.97. The average molecular weight is 413 g/mol. The molecule has 156 valence electrons. The molecule has 28 heavy (non-hydrogen) atoms. The van der Waals surface area contributed by atoms with Gasteiger partial charge in [0.2, 0.25) is 0 Å². The summed E-state index contributed by atoms with van der Waals surface area (Å²) in [6.45, 7) is 7.64. The fraction of sp³-hybridized carbons (Fsp3) is 0.632. The Labute approximate surface area is 171 Å². The number of nitrogens with zero attached hydrogens (tertiary/aromatic N) is 4. The highest BCUT2D eigenvalue weighted by atomic mass is 35.5. The second kappa shape index (κ2) is 11.9. The van der Waals surface area contributed by atoms with E-state index in [1.165, 1.54) is 12.7 Å². The van der Waals surface area contributed by atoms with E-state index in [9.17, 15) is 5.11 Å². The number of terminal acetylenes is 1. The van der Waals surface area contributed by atoms with Gasteiger partial charge in [-0.05, 0) is 13.8 Å². The largest absolute Gasteiger partial charge is 0.366 e. The predicted molar refractivity (Wildman–Crippen MR) is 108 cm³/mol. The standard InChI is InChI=1S/C16H20N4O4.C2H6.CH3Cl/c1-4-5-22-8-13-12(24-16(2,3)21)6-14(23-13)20-10-19-11-7-17-9-18-15(11)20;2*1-2/h1,7,9-10,12-14,21H,5-6,8H2,2-3H3;1-2H3;1H3/t12?,13?,14-;;/m1../s1. The molecule has 9 heteroatoms. The molecule has 3 heterocycles. The predicted octanol–water partition coefficient (Wildman–Crippen LogP) is 2.76. The summed E-state index contributed by atoms with van der Waals surface area (Å²) in [6, 6.07) is 0. The fourth-order valence-corrected chi connectivity index (χ4v) is 2.75. The highest BCUT2D eigenvalue weighted by molar-refractivity contribution is 6.15. The quantitative estimate of drug-likeness (QED) is 0.337. The molecule has 8 nitrogen and oxygen atoms in total. The smallest absolute Gasteiger partial charge is 0.165 e. The first-order valence-corrected chi connectivity index (χ1v) is 9.81. The third-order valence-corrected chi connectivity index (χ3v) is 3.64. The van der Waals surface area contributed by atoms with Crippen molar-refractivity contribution in [1.82, 2.24) is 19.5 Å². The van der Waals surface area contributed by atoms with Gasteiger partial charge >= 0.3 is 0 Å². The van der Waals surface area contributed by atoms with E-state index >= 15 is 0 Å². The molecular formula is C19H29ClN4O4. The number of alkyl halides is 1. The van der Waals surface area contributed by atoms with Crippen LogP contribution in [0.2, 0.25) is 0 Å². The number of fused-ring (bicyclic) bond motifs is 1. The van der Waals surface area contributed by atoms with Gasteiger partial charge in [0.05, 0.1) is 25.2 Å². The van der Waals surface area contributed by atoms with Crippen LogP contribution in [-0.2, 0) is 14.2 Å². The molecule has 0 amide bonds. The lowest BCUT2D eigenvalue weighted by Crippen LogP contribution is -2.37. The van der Waals surface area contributed by atoms with Gasteiger partial charge in [-0.25, -0.2) is 15.0 Å². The summed E-state index contributed by atoms with van der Waals surface area (Å²) < 4.78 is 19.0. The summed E-state index contributed by atoms with van der Waals surface area (Å²) in [7, 11) is 0. The van der Waals surface area contributed by atoms with E-state index in [1.54, 1.807) is 26.4 Å². The molecule has 3 atom stereocenters. The number of hydrogen-bond donors (Lipinski definition) is 1. The maximum atomic E-state index is 9.97. The number of aromatic nitrogens is 4. The Morgan fingerprint density at radius 2 is 2.11 bits per heavy atom. The minimum absolute atomic E-state index is 0.195. The summed E-state index contributed by atoms with van der Waals surface area (Å²) in [6.07, 6.45) is 11.0. The van der Waals surface area contributed by atoms with Crippen molar-refractivity contribution in [3.63, 3.8) is 0 Å². The average Bonchev–Trinajstić information content (AvgIpc) is 3.28. The van der Waals surface area contributed by atoms with E-state index in [0.29, 0.717) is 17.6 Å². The van der Waals surface area contributed by atoms with Crippen LogP contribution in [-0.4, -0.2) is 62.2 Å². The van der Waals surface area contributed by atoms with Gasteiger partial charge in [-0.2, -0.15) is 0 Å². The monoisotopic (exact) mass is 412 g/mol. The van der Waals surface area contributed by atoms with Crippen molar-refractivity contribution in [2.75, 3.05) is 19.6 Å². The van der Waals surface area contributed by atoms with Crippen LogP contribution in [0.15, 0.2) is 18.9 Å². The zero-order valence-corrected chi connectivity index (χ0v) is 17.8. The number of ether oxygens (including phenoxy) is 3. The van der Waals surface area contributed by atoms with E-state index in [2.05, 4.69) is 32.5 Å². The highest BCUT2D eigenvalue weighted by Crippen LogP contribution is 2.34. The fourth-order valence-electron chi connectivity index (χ4n) is 2.75. The summed E-state index contributed by atoms with van der Waals surface area (Å²) in [5.74, 6) is 1.15. The summed E-state index contributed by atoms with van der Waals surface area (Å²) >= 11 is 4.64. The number of rotatable bonds is 6. The highest BCUT2D eigenvalue weighted by Gasteiger charge is 2.40. The number of aliphatic hydroxyl groups is 1. The molecule has 1 fully saturated rings. The molecule has 1 saturated heterocycles. The molecule has 0 saturated carbocycles. The third kappa shape index (κ3) is 6.69. The first kappa shape index (κ1) is 24.3. The Kier molecular flexibility index (Phi) is 10.4. The van der Waals surface area contributed by atoms with E-state index in [-0.39, 0.29) is 31.6 Å². The number of hydrogen-bond acceptors (Lipinski definition) is 7. The Morgan fingerprint density at radius 1 is 1.39 bits per heavy atom. The minimum Gasteiger partial charge on any atom is -0.366 e. The summed E-state index contributed by atoms with van der Waals surface area (Å²) in [5.41, 5.74) is 1.37. The topological polar surface area (TPSA) is 91.5 Å². The second-order valence-corrected chi connectivity index (χ2v) is 6.07. The molecule has 0 bridgehead atoms. The van der Waals surface area contributed by atoms with E-state index in [4.69, 9.17) is 20.6 Å². The number of halogens is 1. The molecule has 1 N–H and O–H groups in total. The minimum atomic E-state index is -1.27. The Hall–Kier alpha value is -1.76. The molecule has 1 aliphatic heterocycles. The molecule has 2 aromatic rings. The molecule has 0 spiro atoms. The molecule has 0 aliphatic carbocycles. The van der Waals surface area contributed by atoms with Gasteiger partial charge in [-0.1, -0.05) is 19.8 Å². The molecule has 0 radical (unpaired) electrons. The molecule has 3 rings (SSSR count). The zero-order valence-electron chi connectivity index (χ0n) is 17.0. The lowest BCUT2D eigenvalue weighted by Gasteiger charge is -2.26. The van der Waals surface area contributed by atoms with Crippen LogP contribution in [0.25, 0.3) is 11.2 Å². The first-order valence-electron chi connectivity index (χ1n) is 9.05. The van der Waals surface area contributed by atoms with Crippen molar-refractivity contribution in [2.45, 2.75) is 58.3 Å². The van der Waals surface area contributed by atoms with Crippen LogP contribution in [0.5, 0.6) is 0 Å². The Morgan fingerprint density at radius 3 is 2.75 bits per heavy atom. The van der Waals surface area contributed by atoms with Crippen molar-refractivity contribution in [3.8, 4) is 12.3 Å². The van der Waals surface area contributed by atoms with Crippen LogP contribution in [0.1, 0.15) is 40.3 Å². The molecular weight excluding hydrogens is 384 g/mol. The molecule has 0 aromatic carbocycles. The van der Waals surface area contributed by atoms with E-state index in [0.717, 1.165) is 0 Å². The van der Waals surface area contributed by atoms with Gasteiger partial charge in [-0.15, -0.1) is 18.0 Å². The Balaban J connectivity index is 0.000000921. The molecule has 2 aromatic heterocycles. The van der Waals surface area contributed by atoms with Gasteiger partial charge in [0.1, 0.15) is 30.8 Å². The SMILES string of the molecule is C#CCOCC1O[C@@H](n2cnc3cncnc32)CC1OC(C)(C)O.CC.CCl. The molecule has 1 aliphatic rings. The van der Waals surface area contributed by atoms with Crippen LogP contribution >= 0.6 is 11.6 Å². The third-order valence-electron chi connectivity index (χ3n) is 3.64. The van der Waals surface area contributed by atoms with Crippen molar-refractivity contribution in [1.29, 1.82) is 0 Å². The lowest BCUT2D eigenvalue weighted by atomic mass is 10.1. The van der Waals surface area contributed by atoms with Crippen LogP contribution in [0.4, 0.5) is 0 Å². The normalized spacial score (nSPS) is 21.3. The van der Waals surface area contributed by atoms with Crippen molar-refractivity contribution in [3.05, 3.63) is 18.9 Å². The van der Waals surface area contributed by atoms with E-state index in [1.807, 2.05) is 18.4 Å². The summed E-state index contributed by atoms with van der Waals surface area (Å²) in [4.78, 5) is 12.5. The van der Waals surface area contributed by atoms with E-state index < -0.39 is 5.79 Å². The second-order valence-electron chi connectivity index (χ2n) is 6.07. The van der Waals surface area contributed by atoms with Gasteiger partial charge in [-0.3, -0.25) is 4.57 Å². The lowest BCUT2D eigenvalue weighted by molar-refractivity contribution is -0.218. The van der Waals surface area contributed by atoms with Crippen LogP contribution < -0.4 is 0 Å². The molecule has 2 unspecified atom stereocenters. The van der Waals surface area contributed by atoms with Gasteiger partial charge in [0.15, 0.2) is 11.4 Å². The maximum Gasteiger partial charge on any atom is 0.165 e. The van der Waals surface area contributed by atoms with Crippen LogP contribution in [0.3, 0.4) is 0 Å². The van der Waals surface area contributed by atoms with Crippen molar-refractivity contribution >= 4 is 22.8 Å². The number of imidazole rings is 1. The van der Waals surface area contributed by atoms with Gasteiger partial charge in [0, 0.05) is 12.8 Å². The van der Waals surface area contributed by atoms with Gasteiger partial charge < -0.3 is 19.3 Å². The van der Waals surface area contributed by atoms with Crippen molar-refractivity contribution < 1.29 is 19.3 Å². The Bertz CT molecular complexity index is 741. The van der Waals surface area contributed by atoms with Crippen molar-refractivity contribution in [2.24, 2.45) is 0 Å². The van der Waals surface area contributed by atoms with Gasteiger partial charge in [0.25, 0.3) is 0 Å².